The van der Waals surface area contributed by atoms with Crippen LogP contribution in [0.3, 0.4) is 0 Å². The van der Waals surface area contributed by atoms with Crippen molar-refractivity contribution in [2.24, 2.45) is 0 Å². The molecule has 0 aliphatic carbocycles. The average molecular weight is 345 g/mol. The normalized spacial score (nSPS) is 11.3. The molecule has 0 saturated carbocycles. The van der Waals surface area contributed by atoms with E-state index < -0.39 is 0 Å². The molecule has 2 aromatic carbocycles. The number of methoxy groups -OCH3 is 1. The van der Waals surface area contributed by atoms with Crippen LogP contribution in [-0.2, 0) is 6.54 Å². The van der Waals surface area contributed by atoms with Crippen LogP contribution < -0.4 is 4.74 Å². The number of fused-ring (bicyclic) bond motifs is 1. The molecular weight excluding hydrogens is 324 g/mol. The van der Waals surface area contributed by atoms with Crippen molar-refractivity contribution in [1.82, 2.24) is 9.29 Å². The Balaban J connectivity index is 1.74. The van der Waals surface area contributed by atoms with Gasteiger partial charge in [0.1, 0.15) is 5.75 Å². The van der Waals surface area contributed by atoms with Crippen LogP contribution in [0.4, 0.5) is 0 Å². The van der Waals surface area contributed by atoms with E-state index in [-0.39, 0.29) is 0 Å². The molecule has 120 valence electrons. The summed E-state index contributed by atoms with van der Waals surface area (Å²) < 4.78 is 9.87. The lowest BCUT2D eigenvalue weighted by atomic mass is 10.1. The predicted octanol–water partition coefficient (Wildman–Crippen LogP) is 5.14. The molecule has 0 unspecified atom stereocenters. The summed E-state index contributed by atoms with van der Waals surface area (Å²) >= 11 is 3.45. The van der Waals surface area contributed by atoms with Crippen molar-refractivity contribution < 1.29 is 4.74 Å². The molecule has 23 heavy (non-hydrogen) atoms. The summed E-state index contributed by atoms with van der Waals surface area (Å²) in [6.45, 7) is 6.18. The van der Waals surface area contributed by atoms with E-state index in [1.807, 2.05) is 12.1 Å². The molecule has 0 radical (unpaired) electrons. The lowest BCUT2D eigenvalue weighted by Gasteiger charge is -2.17. The van der Waals surface area contributed by atoms with Gasteiger partial charge in [0.05, 0.1) is 17.3 Å². The standard InChI is InChI=1S/C18H20N2OS2/c1-4-20(12-14-7-5-13(2)6-8-14)23-18-19-16-11-15(21-3)9-10-17(16)22-18/h5-11H,4,12H2,1-3H3. The first-order valence-corrected chi connectivity index (χ1v) is 9.20. The summed E-state index contributed by atoms with van der Waals surface area (Å²) in [6.07, 6.45) is 0. The van der Waals surface area contributed by atoms with E-state index in [1.165, 1.54) is 15.8 Å². The second-order valence-electron chi connectivity index (χ2n) is 5.35. The molecule has 0 amide bonds. The number of hydrogen-bond acceptors (Lipinski definition) is 5. The number of thiazole rings is 1. The Morgan fingerprint density at radius 2 is 1.96 bits per heavy atom. The van der Waals surface area contributed by atoms with Crippen LogP contribution in [0.25, 0.3) is 10.2 Å². The highest BCUT2D eigenvalue weighted by atomic mass is 32.2. The van der Waals surface area contributed by atoms with Crippen molar-refractivity contribution in [1.29, 1.82) is 0 Å². The zero-order valence-corrected chi connectivity index (χ0v) is 15.2. The lowest BCUT2D eigenvalue weighted by Crippen LogP contribution is -2.14. The first-order chi connectivity index (χ1) is 11.2. The molecule has 0 saturated heterocycles. The zero-order chi connectivity index (χ0) is 16.2. The average Bonchev–Trinajstić information content (AvgIpc) is 2.97. The highest BCUT2D eigenvalue weighted by molar-refractivity contribution is 7.98. The quantitative estimate of drug-likeness (QED) is 0.578. The number of nitrogens with zero attached hydrogens (tertiary/aromatic N) is 2. The molecule has 1 heterocycles. The van der Waals surface area contributed by atoms with Crippen LogP contribution in [0.15, 0.2) is 46.8 Å². The van der Waals surface area contributed by atoms with E-state index in [0.717, 1.165) is 28.7 Å². The minimum absolute atomic E-state index is 0.853. The smallest absolute Gasteiger partial charge is 0.166 e. The van der Waals surface area contributed by atoms with E-state index in [1.54, 1.807) is 30.4 Å². The first-order valence-electron chi connectivity index (χ1n) is 7.61. The molecule has 3 nitrogen and oxygen atoms in total. The summed E-state index contributed by atoms with van der Waals surface area (Å²) in [7, 11) is 1.68. The number of aryl methyl sites for hydroxylation is 1. The second kappa shape index (κ2) is 7.34. The maximum atomic E-state index is 5.27. The van der Waals surface area contributed by atoms with Gasteiger partial charge in [0.15, 0.2) is 4.34 Å². The zero-order valence-electron chi connectivity index (χ0n) is 13.6. The van der Waals surface area contributed by atoms with Gasteiger partial charge in [-0.15, -0.1) is 11.3 Å². The Kier molecular flexibility index (Phi) is 5.20. The molecule has 1 aromatic heterocycles. The minimum atomic E-state index is 0.853. The van der Waals surface area contributed by atoms with Gasteiger partial charge >= 0.3 is 0 Å². The molecule has 0 N–H and O–H groups in total. The van der Waals surface area contributed by atoms with Crippen LogP contribution in [0, 0.1) is 6.92 Å². The maximum Gasteiger partial charge on any atom is 0.166 e. The number of ether oxygens (including phenoxy) is 1. The molecular formula is C18H20N2OS2. The monoisotopic (exact) mass is 344 g/mol. The van der Waals surface area contributed by atoms with Crippen LogP contribution >= 0.6 is 23.3 Å². The molecule has 3 aromatic rings. The minimum Gasteiger partial charge on any atom is -0.497 e. The van der Waals surface area contributed by atoms with Gasteiger partial charge in [-0.1, -0.05) is 36.8 Å². The van der Waals surface area contributed by atoms with Crippen molar-refractivity contribution in [2.45, 2.75) is 24.7 Å². The fraction of sp³-hybridized carbons (Fsp3) is 0.278. The molecule has 0 aliphatic heterocycles. The summed E-state index contributed by atoms with van der Waals surface area (Å²) in [5.41, 5.74) is 3.63. The summed E-state index contributed by atoms with van der Waals surface area (Å²) in [5, 5.41) is 0. The van der Waals surface area contributed by atoms with E-state index in [0.29, 0.717) is 0 Å². The third kappa shape index (κ3) is 4.05. The Hall–Kier alpha value is -1.56. The second-order valence-corrected chi connectivity index (χ2v) is 7.72. The Bertz CT molecular complexity index is 783. The highest BCUT2D eigenvalue weighted by Gasteiger charge is 2.11. The molecule has 0 fully saturated rings. The number of benzene rings is 2. The molecule has 3 rings (SSSR count). The molecule has 5 heteroatoms. The third-order valence-electron chi connectivity index (χ3n) is 3.61. The number of rotatable bonds is 6. The van der Waals surface area contributed by atoms with Crippen molar-refractivity contribution in [3.8, 4) is 5.75 Å². The van der Waals surface area contributed by atoms with E-state index in [9.17, 15) is 0 Å². The first kappa shape index (κ1) is 16.3. The van der Waals surface area contributed by atoms with Gasteiger partial charge in [-0.05, 0) is 36.6 Å². The number of hydrogen-bond donors (Lipinski definition) is 0. The van der Waals surface area contributed by atoms with Gasteiger partial charge in [0.2, 0.25) is 0 Å². The highest BCUT2D eigenvalue weighted by Crippen LogP contribution is 2.33. The van der Waals surface area contributed by atoms with Crippen LogP contribution in [0.2, 0.25) is 0 Å². The Morgan fingerprint density at radius 1 is 1.17 bits per heavy atom. The van der Waals surface area contributed by atoms with E-state index in [2.05, 4.69) is 48.5 Å². The SMILES string of the molecule is CCN(Cc1ccc(C)cc1)Sc1nc2cc(OC)ccc2s1. The van der Waals surface area contributed by atoms with Gasteiger partial charge in [-0.3, -0.25) is 0 Å². The van der Waals surface area contributed by atoms with Gasteiger partial charge in [0, 0.05) is 19.2 Å². The Labute approximate surface area is 145 Å². The van der Waals surface area contributed by atoms with Crippen molar-refractivity contribution in [3.63, 3.8) is 0 Å². The van der Waals surface area contributed by atoms with Gasteiger partial charge in [-0.2, -0.15) is 0 Å². The summed E-state index contributed by atoms with van der Waals surface area (Å²) in [6, 6.07) is 14.8. The van der Waals surface area contributed by atoms with Crippen molar-refractivity contribution >= 4 is 33.5 Å². The van der Waals surface area contributed by atoms with Crippen molar-refractivity contribution in [3.05, 3.63) is 53.6 Å². The molecule has 0 spiro atoms. The van der Waals surface area contributed by atoms with Crippen LogP contribution in [0.1, 0.15) is 18.1 Å². The Morgan fingerprint density at radius 3 is 2.65 bits per heavy atom. The topological polar surface area (TPSA) is 25.4 Å². The van der Waals surface area contributed by atoms with E-state index in [4.69, 9.17) is 9.72 Å². The van der Waals surface area contributed by atoms with Crippen LogP contribution in [0.5, 0.6) is 5.75 Å². The lowest BCUT2D eigenvalue weighted by molar-refractivity contribution is 0.415. The third-order valence-corrected chi connectivity index (χ3v) is 5.81. The largest absolute Gasteiger partial charge is 0.497 e. The summed E-state index contributed by atoms with van der Waals surface area (Å²) in [4.78, 5) is 4.72. The molecule has 0 aliphatic rings. The molecule has 0 atom stereocenters. The predicted molar refractivity (Wildman–Crippen MR) is 99.3 cm³/mol. The van der Waals surface area contributed by atoms with Gasteiger partial charge in [-0.25, -0.2) is 9.29 Å². The van der Waals surface area contributed by atoms with E-state index >= 15 is 0 Å². The van der Waals surface area contributed by atoms with Crippen LogP contribution in [-0.4, -0.2) is 22.9 Å². The number of aromatic nitrogens is 1. The summed E-state index contributed by atoms with van der Waals surface area (Å²) in [5.74, 6) is 0.853. The fourth-order valence-corrected chi connectivity index (χ4v) is 4.38. The van der Waals surface area contributed by atoms with Gasteiger partial charge in [0.25, 0.3) is 0 Å². The maximum absolute atomic E-state index is 5.27. The van der Waals surface area contributed by atoms with Crippen molar-refractivity contribution in [2.75, 3.05) is 13.7 Å². The fourth-order valence-electron chi connectivity index (χ4n) is 2.27. The van der Waals surface area contributed by atoms with Gasteiger partial charge < -0.3 is 4.74 Å². The molecule has 0 bridgehead atoms.